The largest absolute Gasteiger partial charge is 0.326 e. The third kappa shape index (κ3) is 3.96. The number of nitrogens with one attached hydrogen (secondary N) is 1. The Balaban J connectivity index is 1.59. The number of imide groups is 1. The Kier molecular flexibility index (Phi) is 5.33. The van der Waals surface area contributed by atoms with Crippen LogP contribution < -0.4 is 5.32 Å². The van der Waals surface area contributed by atoms with Crippen molar-refractivity contribution in [1.29, 1.82) is 0 Å². The summed E-state index contributed by atoms with van der Waals surface area (Å²) in [5.74, 6) is -1.01. The van der Waals surface area contributed by atoms with Crippen LogP contribution in [0, 0.1) is 6.92 Å². The average molecular weight is 400 g/mol. The van der Waals surface area contributed by atoms with Crippen LogP contribution in [0.4, 0.5) is 5.69 Å². The highest BCUT2D eigenvalue weighted by Gasteiger charge is 2.34. The second kappa shape index (κ2) is 7.55. The molecule has 1 aliphatic rings. The summed E-state index contributed by atoms with van der Waals surface area (Å²) in [7, 11) is -3.38. The number of benzene rings is 2. The summed E-state index contributed by atoms with van der Waals surface area (Å²) in [5.41, 5.74) is 1.92. The maximum absolute atomic E-state index is 12.3. The zero-order valence-corrected chi connectivity index (χ0v) is 16.4. The molecular formula is C20H20N2O5S. The molecule has 7 nitrogen and oxygen atoms in total. The second-order valence-corrected chi connectivity index (χ2v) is 8.72. The molecule has 3 amide bonds. The van der Waals surface area contributed by atoms with Gasteiger partial charge in [0.1, 0.15) is 0 Å². The topological polar surface area (TPSA) is 101 Å². The van der Waals surface area contributed by atoms with E-state index in [1.165, 1.54) is 12.1 Å². The van der Waals surface area contributed by atoms with Gasteiger partial charge in [0, 0.05) is 24.9 Å². The molecule has 0 bridgehead atoms. The maximum Gasteiger partial charge on any atom is 0.261 e. The summed E-state index contributed by atoms with van der Waals surface area (Å²) in [6.07, 6.45) is 1.50. The fourth-order valence-corrected chi connectivity index (χ4v) is 3.67. The molecular weight excluding hydrogens is 380 g/mol. The number of hydrogen-bond acceptors (Lipinski definition) is 5. The molecule has 28 heavy (non-hydrogen) atoms. The van der Waals surface area contributed by atoms with Crippen LogP contribution in [0.1, 0.15) is 39.1 Å². The van der Waals surface area contributed by atoms with Crippen molar-refractivity contribution in [3.63, 3.8) is 0 Å². The molecule has 8 heteroatoms. The van der Waals surface area contributed by atoms with Gasteiger partial charge in [0.2, 0.25) is 5.91 Å². The molecule has 0 saturated carbocycles. The predicted molar refractivity (Wildman–Crippen MR) is 104 cm³/mol. The molecule has 1 N–H and O–H groups in total. The Morgan fingerprint density at radius 2 is 1.64 bits per heavy atom. The molecule has 0 spiro atoms. The van der Waals surface area contributed by atoms with E-state index in [1.54, 1.807) is 37.3 Å². The van der Waals surface area contributed by atoms with E-state index >= 15 is 0 Å². The van der Waals surface area contributed by atoms with Gasteiger partial charge < -0.3 is 5.32 Å². The number of sulfone groups is 1. The van der Waals surface area contributed by atoms with Crippen LogP contribution in [0.3, 0.4) is 0 Å². The quantitative estimate of drug-likeness (QED) is 0.751. The molecule has 146 valence electrons. The van der Waals surface area contributed by atoms with Crippen molar-refractivity contribution < 1.29 is 22.8 Å². The van der Waals surface area contributed by atoms with Gasteiger partial charge in [-0.1, -0.05) is 18.2 Å². The second-order valence-electron chi connectivity index (χ2n) is 6.71. The van der Waals surface area contributed by atoms with Crippen LogP contribution >= 0.6 is 0 Å². The smallest absolute Gasteiger partial charge is 0.261 e. The van der Waals surface area contributed by atoms with Gasteiger partial charge >= 0.3 is 0 Å². The number of amides is 3. The van der Waals surface area contributed by atoms with Crippen LogP contribution in [-0.4, -0.2) is 43.8 Å². The van der Waals surface area contributed by atoms with Gasteiger partial charge in [-0.25, -0.2) is 8.42 Å². The molecule has 0 fully saturated rings. The van der Waals surface area contributed by atoms with Gasteiger partial charge in [0.15, 0.2) is 9.84 Å². The maximum atomic E-state index is 12.3. The molecule has 0 saturated heterocycles. The van der Waals surface area contributed by atoms with Crippen LogP contribution in [0.15, 0.2) is 47.4 Å². The lowest BCUT2D eigenvalue weighted by atomic mass is 10.1. The van der Waals surface area contributed by atoms with Crippen molar-refractivity contribution in [2.24, 2.45) is 0 Å². The number of carbonyl (C=O) groups excluding carboxylic acids is 3. The highest BCUT2D eigenvalue weighted by molar-refractivity contribution is 7.90. The first kappa shape index (κ1) is 19.8. The lowest BCUT2D eigenvalue weighted by molar-refractivity contribution is -0.116. The summed E-state index contributed by atoms with van der Waals surface area (Å²) < 4.78 is 23.3. The zero-order valence-electron chi connectivity index (χ0n) is 15.6. The summed E-state index contributed by atoms with van der Waals surface area (Å²) in [6, 6.07) is 11.2. The lowest BCUT2D eigenvalue weighted by Crippen LogP contribution is -2.31. The predicted octanol–water partition coefficient (Wildman–Crippen LogP) is 2.41. The minimum absolute atomic E-state index is 0.0932. The Labute approximate surface area is 163 Å². The van der Waals surface area contributed by atoms with Crippen LogP contribution in [0.5, 0.6) is 0 Å². The number of anilines is 1. The van der Waals surface area contributed by atoms with Crippen molar-refractivity contribution >= 4 is 33.2 Å². The molecule has 0 radical (unpaired) electrons. The number of hydrogen-bond donors (Lipinski definition) is 1. The Hall–Kier alpha value is -3.00. The number of nitrogens with zero attached hydrogens (tertiary/aromatic N) is 1. The minimum atomic E-state index is -3.38. The van der Waals surface area contributed by atoms with E-state index in [4.69, 9.17) is 0 Å². The summed E-state index contributed by atoms with van der Waals surface area (Å²) in [5, 5.41) is 2.70. The van der Waals surface area contributed by atoms with E-state index in [1.807, 2.05) is 0 Å². The van der Waals surface area contributed by atoms with Crippen molar-refractivity contribution in [1.82, 2.24) is 4.90 Å². The van der Waals surface area contributed by atoms with Crippen LogP contribution in [0.25, 0.3) is 0 Å². The van der Waals surface area contributed by atoms with E-state index in [-0.39, 0.29) is 35.6 Å². The highest BCUT2D eigenvalue weighted by atomic mass is 32.2. The van der Waals surface area contributed by atoms with Crippen molar-refractivity contribution in [2.45, 2.75) is 24.7 Å². The first-order valence-electron chi connectivity index (χ1n) is 8.74. The van der Waals surface area contributed by atoms with E-state index < -0.39 is 9.84 Å². The normalized spacial score (nSPS) is 13.6. The van der Waals surface area contributed by atoms with Gasteiger partial charge in [0.25, 0.3) is 11.8 Å². The first-order valence-corrected chi connectivity index (χ1v) is 10.6. The van der Waals surface area contributed by atoms with E-state index in [0.29, 0.717) is 23.2 Å². The molecule has 2 aromatic carbocycles. The van der Waals surface area contributed by atoms with Gasteiger partial charge in [-0.3, -0.25) is 19.3 Å². The van der Waals surface area contributed by atoms with E-state index in [9.17, 15) is 22.8 Å². The standard InChI is InChI=1S/C20H20N2O5S/c1-13-9-10-14(28(2,26)27)12-17(13)21-18(23)8-5-11-22-19(24)15-6-3-4-7-16(15)20(22)25/h3-4,6-7,9-10,12H,5,8,11H2,1-2H3,(H,21,23). The van der Waals surface area contributed by atoms with Gasteiger partial charge in [-0.2, -0.15) is 0 Å². The van der Waals surface area contributed by atoms with Crippen molar-refractivity contribution in [3.05, 3.63) is 59.2 Å². The Bertz CT molecular complexity index is 1040. The molecule has 3 rings (SSSR count). The van der Waals surface area contributed by atoms with E-state index in [0.717, 1.165) is 16.7 Å². The summed E-state index contributed by atoms with van der Waals surface area (Å²) in [4.78, 5) is 38.1. The lowest BCUT2D eigenvalue weighted by Gasteiger charge is -2.14. The average Bonchev–Trinajstić information content (AvgIpc) is 2.88. The molecule has 0 aliphatic carbocycles. The Morgan fingerprint density at radius 3 is 2.21 bits per heavy atom. The molecule has 2 aromatic rings. The molecule has 0 atom stereocenters. The van der Waals surface area contributed by atoms with Crippen molar-refractivity contribution in [3.8, 4) is 0 Å². The number of rotatable bonds is 6. The fourth-order valence-electron chi connectivity index (χ4n) is 3.02. The van der Waals surface area contributed by atoms with Crippen LogP contribution in [0.2, 0.25) is 0 Å². The highest BCUT2D eigenvalue weighted by Crippen LogP contribution is 2.23. The van der Waals surface area contributed by atoms with Crippen molar-refractivity contribution in [2.75, 3.05) is 18.1 Å². The zero-order chi connectivity index (χ0) is 20.5. The SMILES string of the molecule is Cc1ccc(S(C)(=O)=O)cc1NC(=O)CCCN1C(=O)c2ccccc2C1=O. The third-order valence-electron chi connectivity index (χ3n) is 4.58. The third-order valence-corrected chi connectivity index (χ3v) is 5.69. The fraction of sp³-hybridized carbons (Fsp3) is 0.250. The molecule has 1 aliphatic heterocycles. The number of aryl methyl sites for hydroxylation is 1. The first-order chi connectivity index (χ1) is 13.2. The number of fused-ring (bicyclic) bond motifs is 1. The monoisotopic (exact) mass is 400 g/mol. The minimum Gasteiger partial charge on any atom is -0.326 e. The summed E-state index contributed by atoms with van der Waals surface area (Å²) in [6.45, 7) is 1.91. The summed E-state index contributed by atoms with van der Waals surface area (Å²) >= 11 is 0. The molecule has 1 heterocycles. The van der Waals surface area contributed by atoms with Crippen LogP contribution in [-0.2, 0) is 14.6 Å². The van der Waals surface area contributed by atoms with E-state index in [2.05, 4.69) is 5.32 Å². The number of carbonyl (C=O) groups is 3. The van der Waals surface area contributed by atoms with Gasteiger partial charge in [0.05, 0.1) is 16.0 Å². The van der Waals surface area contributed by atoms with Gasteiger partial charge in [-0.05, 0) is 43.2 Å². The Morgan fingerprint density at radius 1 is 1.04 bits per heavy atom. The molecule has 0 unspecified atom stereocenters. The molecule has 0 aromatic heterocycles. The van der Waals surface area contributed by atoms with Gasteiger partial charge in [-0.15, -0.1) is 0 Å².